The zero-order chi connectivity index (χ0) is 11.8. The van der Waals surface area contributed by atoms with E-state index in [1.165, 1.54) is 0 Å². The highest BCUT2D eigenvalue weighted by Crippen LogP contribution is 2.05. The van der Waals surface area contributed by atoms with Crippen LogP contribution in [0.5, 0.6) is 0 Å². The normalized spacial score (nSPS) is 12.1. The number of aromatic nitrogens is 1. The molecule has 0 aromatic carbocycles. The second-order valence-electron chi connectivity index (χ2n) is 3.62. The van der Waals surface area contributed by atoms with E-state index in [1.54, 1.807) is 24.5 Å². The Morgan fingerprint density at radius 1 is 1.50 bits per heavy atom. The van der Waals surface area contributed by atoms with E-state index in [-0.39, 0.29) is 5.91 Å². The Morgan fingerprint density at radius 2 is 2.31 bits per heavy atom. The number of nitrogens with one attached hydrogen (secondary N) is 1. The fourth-order valence-corrected chi connectivity index (χ4v) is 1.31. The lowest BCUT2D eigenvalue weighted by molar-refractivity contribution is -0.117. The zero-order valence-electron chi connectivity index (χ0n) is 9.23. The molecule has 0 radical (unpaired) electrons. The molecule has 0 unspecified atom stereocenters. The van der Waals surface area contributed by atoms with E-state index >= 15 is 0 Å². The van der Waals surface area contributed by atoms with Crippen LogP contribution in [0.2, 0.25) is 0 Å². The predicted octanol–water partition coefficient (Wildman–Crippen LogP) is 0.476. The van der Waals surface area contributed by atoms with Gasteiger partial charge in [0.2, 0.25) is 5.91 Å². The van der Waals surface area contributed by atoms with E-state index < -0.39 is 6.04 Å². The third-order valence-corrected chi connectivity index (χ3v) is 2.24. The van der Waals surface area contributed by atoms with Crippen LogP contribution in [0.15, 0.2) is 24.5 Å². The molecule has 1 rings (SSSR count). The number of rotatable bonds is 6. The van der Waals surface area contributed by atoms with Gasteiger partial charge in [-0.1, -0.05) is 6.42 Å². The van der Waals surface area contributed by atoms with Crippen molar-refractivity contribution >= 4 is 11.6 Å². The van der Waals surface area contributed by atoms with E-state index in [0.29, 0.717) is 18.7 Å². The van der Waals surface area contributed by atoms with Crippen LogP contribution < -0.4 is 16.8 Å². The minimum atomic E-state index is -0.480. The first-order valence-electron chi connectivity index (χ1n) is 5.40. The quantitative estimate of drug-likeness (QED) is 0.610. The molecule has 0 aliphatic carbocycles. The molecule has 0 spiro atoms. The second kappa shape index (κ2) is 6.92. The highest BCUT2D eigenvalue weighted by Gasteiger charge is 2.12. The predicted molar refractivity (Wildman–Crippen MR) is 63.7 cm³/mol. The maximum Gasteiger partial charge on any atom is 0.241 e. The fraction of sp³-hybridized carbons (Fsp3) is 0.455. The molecule has 1 aromatic rings. The van der Waals surface area contributed by atoms with Crippen molar-refractivity contribution in [1.82, 2.24) is 4.98 Å². The van der Waals surface area contributed by atoms with Crippen LogP contribution in [0.25, 0.3) is 0 Å². The average molecular weight is 222 g/mol. The zero-order valence-corrected chi connectivity index (χ0v) is 9.23. The Bertz CT molecular complexity index is 315. The van der Waals surface area contributed by atoms with Crippen molar-refractivity contribution in [1.29, 1.82) is 0 Å². The molecule has 88 valence electrons. The summed E-state index contributed by atoms with van der Waals surface area (Å²) in [6.07, 6.45) is 5.66. The summed E-state index contributed by atoms with van der Waals surface area (Å²) in [6, 6.07) is 3.05. The first-order chi connectivity index (χ1) is 7.74. The molecule has 0 aliphatic heterocycles. The molecule has 0 aliphatic rings. The molecule has 0 saturated carbocycles. The Hall–Kier alpha value is -1.46. The van der Waals surface area contributed by atoms with Gasteiger partial charge >= 0.3 is 0 Å². The van der Waals surface area contributed by atoms with Gasteiger partial charge < -0.3 is 16.8 Å². The summed E-state index contributed by atoms with van der Waals surface area (Å²) in [5.41, 5.74) is 11.8. The van der Waals surface area contributed by atoms with Crippen LogP contribution in [-0.2, 0) is 4.79 Å². The van der Waals surface area contributed by atoms with Crippen LogP contribution in [0.1, 0.15) is 19.3 Å². The number of amides is 1. The Balaban J connectivity index is 2.34. The number of carbonyl (C=O) groups excluding carboxylic acids is 1. The Morgan fingerprint density at radius 3 is 2.94 bits per heavy atom. The van der Waals surface area contributed by atoms with Crippen molar-refractivity contribution in [2.75, 3.05) is 11.9 Å². The van der Waals surface area contributed by atoms with Gasteiger partial charge in [0, 0.05) is 6.20 Å². The SMILES string of the molecule is NCCCC[C@H](N)C(=O)Nc1cccnc1. The lowest BCUT2D eigenvalue weighted by Crippen LogP contribution is -2.35. The van der Waals surface area contributed by atoms with Gasteiger partial charge in [-0.15, -0.1) is 0 Å². The summed E-state index contributed by atoms with van der Waals surface area (Å²) >= 11 is 0. The largest absolute Gasteiger partial charge is 0.330 e. The van der Waals surface area contributed by atoms with Crippen LogP contribution in [0.3, 0.4) is 0 Å². The minimum Gasteiger partial charge on any atom is -0.330 e. The lowest BCUT2D eigenvalue weighted by Gasteiger charge is -2.11. The summed E-state index contributed by atoms with van der Waals surface area (Å²) in [6.45, 7) is 0.636. The van der Waals surface area contributed by atoms with Gasteiger partial charge in [0.25, 0.3) is 0 Å². The van der Waals surface area contributed by atoms with Crippen LogP contribution in [-0.4, -0.2) is 23.5 Å². The average Bonchev–Trinajstić information content (AvgIpc) is 2.30. The monoisotopic (exact) mass is 222 g/mol. The molecular formula is C11H18N4O. The first kappa shape index (κ1) is 12.6. The summed E-state index contributed by atoms with van der Waals surface area (Å²) < 4.78 is 0. The van der Waals surface area contributed by atoms with E-state index in [9.17, 15) is 4.79 Å². The van der Waals surface area contributed by atoms with E-state index in [1.807, 2.05) is 0 Å². The van der Waals surface area contributed by atoms with Crippen molar-refractivity contribution in [3.63, 3.8) is 0 Å². The van der Waals surface area contributed by atoms with Gasteiger partial charge in [-0.3, -0.25) is 9.78 Å². The summed E-state index contributed by atoms with van der Waals surface area (Å²) in [5, 5.41) is 2.71. The van der Waals surface area contributed by atoms with Gasteiger partial charge in [-0.05, 0) is 31.5 Å². The molecule has 1 amide bonds. The van der Waals surface area contributed by atoms with Crippen LogP contribution >= 0.6 is 0 Å². The molecular weight excluding hydrogens is 204 g/mol. The topological polar surface area (TPSA) is 94.0 Å². The second-order valence-corrected chi connectivity index (χ2v) is 3.62. The van der Waals surface area contributed by atoms with Gasteiger partial charge in [0.15, 0.2) is 0 Å². The third-order valence-electron chi connectivity index (χ3n) is 2.24. The summed E-state index contributed by atoms with van der Waals surface area (Å²) in [7, 11) is 0. The maximum atomic E-state index is 11.6. The Labute approximate surface area is 95.2 Å². The van der Waals surface area contributed by atoms with Crippen molar-refractivity contribution < 1.29 is 4.79 Å². The van der Waals surface area contributed by atoms with Gasteiger partial charge in [-0.25, -0.2) is 0 Å². The fourth-order valence-electron chi connectivity index (χ4n) is 1.31. The van der Waals surface area contributed by atoms with Crippen molar-refractivity contribution in [2.45, 2.75) is 25.3 Å². The molecule has 0 fully saturated rings. The minimum absolute atomic E-state index is 0.176. The Kier molecular flexibility index (Phi) is 5.45. The molecule has 1 atom stereocenters. The smallest absolute Gasteiger partial charge is 0.241 e. The molecule has 5 nitrogen and oxygen atoms in total. The summed E-state index contributed by atoms with van der Waals surface area (Å²) in [5.74, 6) is -0.176. The highest BCUT2D eigenvalue weighted by molar-refractivity contribution is 5.94. The molecule has 1 aromatic heterocycles. The number of nitrogens with zero attached hydrogens (tertiary/aromatic N) is 1. The molecule has 5 heteroatoms. The number of anilines is 1. The number of nitrogens with two attached hydrogens (primary N) is 2. The van der Waals surface area contributed by atoms with Crippen molar-refractivity contribution in [2.24, 2.45) is 11.5 Å². The summed E-state index contributed by atoms with van der Waals surface area (Å²) in [4.78, 5) is 15.5. The third kappa shape index (κ3) is 4.37. The van der Waals surface area contributed by atoms with Crippen LogP contribution in [0, 0.1) is 0 Å². The molecule has 0 saturated heterocycles. The van der Waals surface area contributed by atoms with E-state index in [4.69, 9.17) is 11.5 Å². The van der Waals surface area contributed by atoms with Gasteiger partial charge in [-0.2, -0.15) is 0 Å². The van der Waals surface area contributed by atoms with Gasteiger partial charge in [0.05, 0.1) is 17.9 Å². The number of unbranched alkanes of at least 4 members (excludes halogenated alkanes) is 1. The molecule has 1 heterocycles. The van der Waals surface area contributed by atoms with E-state index in [2.05, 4.69) is 10.3 Å². The standard InChI is InChI=1S/C11H18N4O/c12-6-2-1-5-10(13)11(16)15-9-4-3-7-14-8-9/h3-4,7-8,10H,1-2,5-6,12-13H2,(H,15,16)/t10-/m0/s1. The maximum absolute atomic E-state index is 11.6. The van der Waals surface area contributed by atoms with Crippen molar-refractivity contribution in [3.8, 4) is 0 Å². The first-order valence-corrected chi connectivity index (χ1v) is 5.40. The molecule has 16 heavy (non-hydrogen) atoms. The molecule has 5 N–H and O–H groups in total. The number of pyridine rings is 1. The number of carbonyl (C=O) groups is 1. The van der Waals surface area contributed by atoms with E-state index in [0.717, 1.165) is 12.8 Å². The molecule has 0 bridgehead atoms. The lowest BCUT2D eigenvalue weighted by atomic mass is 10.1. The highest BCUT2D eigenvalue weighted by atomic mass is 16.2. The number of hydrogen-bond acceptors (Lipinski definition) is 4. The van der Waals surface area contributed by atoms with Gasteiger partial charge in [0.1, 0.15) is 0 Å². The number of hydrogen-bond donors (Lipinski definition) is 3. The van der Waals surface area contributed by atoms with Crippen LogP contribution in [0.4, 0.5) is 5.69 Å². The van der Waals surface area contributed by atoms with Crippen molar-refractivity contribution in [3.05, 3.63) is 24.5 Å².